The lowest BCUT2D eigenvalue weighted by atomic mass is 10.3. The van der Waals surface area contributed by atoms with Crippen LogP contribution in [0.4, 0.5) is 10.2 Å². The number of aromatic nitrogens is 1. The number of anilines is 1. The van der Waals surface area contributed by atoms with Crippen molar-refractivity contribution in [2.75, 3.05) is 19.0 Å². The summed E-state index contributed by atoms with van der Waals surface area (Å²) in [4.78, 5) is 14.8. The molecule has 0 unspecified atom stereocenters. The topological polar surface area (TPSA) is 51.2 Å². The first-order valence-corrected chi connectivity index (χ1v) is 4.63. The number of ether oxygens (including phenoxy) is 1. The molecule has 5 heteroatoms. The zero-order valence-corrected chi connectivity index (χ0v) is 8.50. The minimum absolute atomic E-state index is 0.190. The fourth-order valence-electron chi connectivity index (χ4n) is 1.06. The minimum atomic E-state index is -0.607. The minimum Gasteiger partial charge on any atom is -0.385 e. The van der Waals surface area contributed by atoms with Gasteiger partial charge in [0.15, 0.2) is 0 Å². The van der Waals surface area contributed by atoms with E-state index in [0.717, 1.165) is 0 Å². The molecule has 4 nitrogen and oxygen atoms in total. The SMILES string of the molecule is COCCCC(=O)Nc1cccc(F)n1. The summed E-state index contributed by atoms with van der Waals surface area (Å²) in [5.74, 6) is -0.563. The zero-order chi connectivity index (χ0) is 11.1. The number of amides is 1. The maximum absolute atomic E-state index is 12.6. The molecule has 1 aromatic heterocycles. The highest BCUT2D eigenvalue weighted by Gasteiger charge is 2.03. The average molecular weight is 212 g/mol. The first-order chi connectivity index (χ1) is 7.22. The van der Waals surface area contributed by atoms with E-state index < -0.39 is 5.95 Å². The third kappa shape index (κ3) is 4.51. The van der Waals surface area contributed by atoms with E-state index in [9.17, 15) is 9.18 Å². The van der Waals surface area contributed by atoms with E-state index in [1.54, 1.807) is 7.11 Å². The molecule has 1 N–H and O–H groups in total. The van der Waals surface area contributed by atoms with Crippen LogP contribution in [0.25, 0.3) is 0 Å². The number of carbonyl (C=O) groups is 1. The summed E-state index contributed by atoms with van der Waals surface area (Å²) in [5.41, 5.74) is 0. The van der Waals surface area contributed by atoms with Gasteiger partial charge in [0.05, 0.1) is 0 Å². The molecule has 0 aliphatic carbocycles. The van der Waals surface area contributed by atoms with E-state index in [2.05, 4.69) is 10.3 Å². The normalized spacial score (nSPS) is 10.0. The van der Waals surface area contributed by atoms with Gasteiger partial charge in [-0.1, -0.05) is 6.07 Å². The van der Waals surface area contributed by atoms with Gasteiger partial charge in [0, 0.05) is 20.1 Å². The second-order valence-electron chi connectivity index (χ2n) is 2.99. The summed E-state index contributed by atoms with van der Waals surface area (Å²) in [6, 6.07) is 4.25. The standard InChI is InChI=1S/C10H13FN2O2/c1-15-7-3-6-10(14)13-9-5-2-4-8(11)12-9/h2,4-5H,3,6-7H2,1H3,(H,12,13,14). The Bertz CT molecular complexity index is 331. The molecule has 1 amide bonds. The first kappa shape index (κ1) is 11.6. The summed E-state index contributed by atoms with van der Waals surface area (Å²) in [5, 5.41) is 2.50. The van der Waals surface area contributed by atoms with Gasteiger partial charge in [0.2, 0.25) is 11.9 Å². The Morgan fingerprint density at radius 2 is 2.40 bits per heavy atom. The highest BCUT2D eigenvalue weighted by atomic mass is 19.1. The molecule has 0 bridgehead atoms. The Hall–Kier alpha value is -1.49. The Labute approximate surface area is 87.5 Å². The van der Waals surface area contributed by atoms with Crippen LogP contribution in [-0.4, -0.2) is 24.6 Å². The third-order valence-electron chi connectivity index (χ3n) is 1.73. The number of rotatable bonds is 5. The van der Waals surface area contributed by atoms with Gasteiger partial charge in [0.1, 0.15) is 5.82 Å². The molecule has 1 rings (SSSR count). The van der Waals surface area contributed by atoms with Crippen LogP contribution in [-0.2, 0) is 9.53 Å². The second kappa shape index (κ2) is 6.08. The maximum atomic E-state index is 12.6. The van der Waals surface area contributed by atoms with Gasteiger partial charge in [0.25, 0.3) is 0 Å². The van der Waals surface area contributed by atoms with Crippen molar-refractivity contribution in [3.63, 3.8) is 0 Å². The van der Waals surface area contributed by atoms with Crippen molar-refractivity contribution in [3.05, 3.63) is 24.1 Å². The molecule has 0 aliphatic heterocycles. The number of pyridine rings is 1. The van der Waals surface area contributed by atoms with Crippen LogP contribution >= 0.6 is 0 Å². The van der Waals surface area contributed by atoms with Crippen LogP contribution in [0.3, 0.4) is 0 Å². The summed E-state index contributed by atoms with van der Waals surface area (Å²) in [6.07, 6.45) is 0.976. The highest BCUT2D eigenvalue weighted by Crippen LogP contribution is 2.04. The van der Waals surface area contributed by atoms with Crippen LogP contribution in [0.2, 0.25) is 0 Å². The van der Waals surface area contributed by atoms with Crippen molar-refractivity contribution in [2.24, 2.45) is 0 Å². The lowest BCUT2D eigenvalue weighted by molar-refractivity contribution is -0.116. The molecule has 1 aromatic rings. The molecule has 0 saturated carbocycles. The molecule has 15 heavy (non-hydrogen) atoms. The van der Waals surface area contributed by atoms with E-state index in [-0.39, 0.29) is 11.7 Å². The molecule has 0 aromatic carbocycles. The van der Waals surface area contributed by atoms with Crippen molar-refractivity contribution in [2.45, 2.75) is 12.8 Å². The first-order valence-electron chi connectivity index (χ1n) is 4.63. The summed E-state index contributed by atoms with van der Waals surface area (Å²) < 4.78 is 17.4. The molecule has 0 radical (unpaired) electrons. The third-order valence-corrected chi connectivity index (χ3v) is 1.73. The number of methoxy groups -OCH3 is 1. The molecule has 82 valence electrons. The number of nitrogens with zero attached hydrogens (tertiary/aromatic N) is 1. The van der Waals surface area contributed by atoms with Crippen molar-refractivity contribution in [1.82, 2.24) is 4.98 Å². The van der Waals surface area contributed by atoms with Gasteiger partial charge in [-0.25, -0.2) is 4.98 Å². The number of carbonyl (C=O) groups excluding carboxylic acids is 1. The maximum Gasteiger partial charge on any atom is 0.225 e. The molecular weight excluding hydrogens is 199 g/mol. The lowest BCUT2D eigenvalue weighted by Gasteiger charge is -2.03. The van der Waals surface area contributed by atoms with Crippen LogP contribution in [0, 0.1) is 5.95 Å². The number of hydrogen-bond acceptors (Lipinski definition) is 3. The molecule has 0 fully saturated rings. The van der Waals surface area contributed by atoms with Gasteiger partial charge in [-0.2, -0.15) is 4.39 Å². The summed E-state index contributed by atoms with van der Waals surface area (Å²) >= 11 is 0. The Morgan fingerprint density at radius 1 is 1.60 bits per heavy atom. The van der Waals surface area contributed by atoms with Gasteiger partial charge in [-0.3, -0.25) is 4.79 Å². The van der Waals surface area contributed by atoms with Crippen LogP contribution in [0.5, 0.6) is 0 Å². The molecule has 1 heterocycles. The van der Waals surface area contributed by atoms with Gasteiger partial charge in [-0.15, -0.1) is 0 Å². The largest absolute Gasteiger partial charge is 0.385 e. The summed E-state index contributed by atoms with van der Waals surface area (Å²) in [6.45, 7) is 0.532. The predicted octanol–water partition coefficient (Wildman–Crippen LogP) is 1.59. The number of nitrogens with one attached hydrogen (secondary N) is 1. The number of halogens is 1. The van der Waals surface area contributed by atoms with E-state index in [1.165, 1.54) is 18.2 Å². The quantitative estimate of drug-likeness (QED) is 0.595. The Balaban J connectivity index is 2.37. The smallest absolute Gasteiger partial charge is 0.225 e. The Morgan fingerprint density at radius 3 is 3.07 bits per heavy atom. The molecule has 0 saturated heterocycles. The van der Waals surface area contributed by atoms with E-state index in [0.29, 0.717) is 19.4 Å². The van der Waals surface area contributed by atoms with Crippen LogP contribution in [0.1, 0.15) is 12.8 Å². The van der Waals surface area contributed by atoms with Crippen LogP contribution in [0.15, 0.2) is 18.2 Å². The second-order valence-corrected chi connectivity index (χ2v) is 2.99. The summed E-state index contributed by atoms with van der Waals surface area (Å²) in [7, 11) is 1.58. The fourth-order valence-corrected chi connectivity index (χ4v) is 1.06. The molecule has 0 aliphatic rings. The van der Waals surface area contributed by atoms with Crippen molar-refractivity contribution in [1.29, 1.82) is 0 Å². The average Bonchev–Trinajstić information content (AvgIpc) is 2.18. The Kier molecular flexibility index (Phi) is 4.70. The van der Waals surface area contributed by atoms with Crippen molar-refractivity contribution >= 4 is 11.7 Å². The molecular formula is C10H13FN2O2. The number of hydrogen-bond donors (Lipinski definition) is 1. The van der Waals surface area contributed by atoms with E-state index in [1.807, 2.05) is 0 Å². The van der Waals surface area contributed by atoms with E-state index in [4.69, 9.17) is 4.74 Å². The highest BCUT2D eigenvalue weighted by molar-refractivity contribution is 5.89. The van der Waals surface area contributed by atoms with E-state index >= 15 is 0 Å². The van der Waals surface area contributed by atoms with Gasteiger partial charge in [-0.05, 0) is 18.6 Å². The lowest BCUT2D eigenvalue weighted by Crippen LogP contribution is -2.13. The van der Waals surface area contributed by atoms with Gasteiger partial charge >= 0.3 is 0 Å². The van der Waals surface area contributed by atoms with Crippen LogP contribution < -0.4 is 5.32 Å². The van der Waals surface area contributed by atoms with Crippen molar-refractivity contribution in [3.8, 4) is 0 Å². The fraction of sp³-hybridized carbons (Fsp3) is 0.400. The van der Waals surface area contributed by atoms with Gasteiger partial charge < -0.3 is 10.1 Å². The zero-order valence-electron chi connectivity index (χ0n) is 8.50. The molecule has 0 atom stereocenters. The monoisotopic (exact) mass is 212 g/mol. The predicted molar refractivity (Wildman–Crippen MR) is 53.9 cm³/mol. The van der Waals surface area contributed by atoms with Crippen molar-refractivity contribution < 1.29 is 13.9 Å². The molecule has 0 spiro atoms.